The van der Waals surface area contributed by atoms with Crippen molar-refractivity contribution in [2.24, 2.45) is 0 Å². The lowest BCUT2D eigenvalue weighted by atomic mass is 10.2. The van der Waals surface area contributed by atoms with E-state index in [0.717, 1.165) is 9.79 Å². The van der Waals surface area contributed by atoms with E-state index in [9.17, 15) is 4.79 Å². The van der Waals surface area contributed by atoms with E-state index in [-0.39, 0.29) is 12.5 Å². The highest BCUT2D eigenvalue weighted by molar-refractivity contribution is 7.99. The maximum atomic E-state index is 12.4. The van der Waals surface area contributed by atoms with Gasteiger partial charge in [-0.3, -0.25) is 4.79 Å². The van der Waals surface area contributed by atoms with E-state index in [1.807, 2.05) is 54.6 Å². The van der Waals surface area contributed by atoms with Crippen LogP contribution in [0.5, 0.6) is 11.5 Å². The van der Waals surface area contributed by atoms with Crippen molar-refractivity contribution in [2.75, 3.05) is 19.0 Å². The van der Waals surface area contributed by atoms with E-state index in [1.54, 1.807) is 18.2 Å². The number of ether oxygens (including phenoxy) is 2. The number of nitrogens with one attached hydrogen (secondary N) is 1. The fourth-order valence-electron chi connectivity index (χ4n) is 2.47. The predicted octanol–water partition coefficient (Wildman–Crippen LogP) is 5.39. The van der Waals surface area contributed by atoms with Gasteiger partial charge in [-0.1, -0.05) is 35.5 Å². The first-order chi connectivity index (χ1) is 14.1. The summed E-state index contributed by atoms with van der Waals surface area (Å²) >= 11 is 7.46. The summed E-state index contributed by atoms with van der Waals surface area (Å²) in [5, 5.41) is 12.5. The molecular formula is C22H17ClN2O3S. The summed E-state index contributed by atoms with van der Waals surface area (Å²) in [5.41, 5.74) is 1.14. The first kappa shape index (κ1) is 20.6. The minimum atomic E-state index is -0.305. The van der Waals surface area contributed by atoms with Crippen molar-refractivity contribution in [3.8, 4) is 17.6 Å². The molecule has 0 saturated carbocycles. The van der Waals surface area contributed by atoms with Gasteiger partial charge in [-0.2, -0.15) is 5.26 Å². The maximum Gasteiger partial charge on any atom is 0.262 e. The van der Waals surface area contributed by atoms with Crippen molar-refractivity contribution < 1.29 is 14.3 Å². The number of rotatable bonds is 7. The van der Waals surface area contributed by atoms with Crippen molar-refractivity contribution in [1.82, 2.24) is 0 Å². The zero-order valence-corrected chi connectivity index (χ0v) is 17.1. The van der Waals surface area contributed by atoms with Gasteiger partial charge < -0.3 is 14.8 Å². The van der Waals surface area contributed by atoms with Crippen molar-refractivity contribution in [3.05, 3.63) is 77.3 Å². The molecule has 0 saturated heterocycles. The quantitative estimate of drug-likeness (QED) is 0.550. The summed E-state index contributed by atoms with van der Waals surface area (Å²) in [5.74, 6) is 0.488. The van der Waals surface area contributed by atoms with Crippen molar-refractivity contribution in [2.45, 2.75) is 9.79 Å². The molecule has 29 heavy (non-hydrogen) atoms. The Labute approximate surface area is 178 Å². The van der Waals surface area contributed by atoms with Crippen LogP contribution in [0.3, 0.4) is 0 Å². The second-order valence-corrected chi connectivity index (χ2v) is 7.42. The number of carbonyl (C=O) groups excluding carboxylic acids is 1. The van der Waals surface area contributed by atoms with Gasteiger partial charge in [-0.25, -0.2) is 0 Å². The van der Waals surface area contributed by atoms with Crippen molar-refractivity contribution in [1.29, 1.82) is 5.26 Å². The van der Waals surface area contributed by atoms with Gasteiger partial charge in [0.15, 0.2) is 18.1 Å². The number of hydrogen-bond donors (Lipinski definition) is 1. The lowest BCUT2D eigenvalue weighted by Crippen LogP contribution is -2.20. The number of hydrogen-bond acceptors (Lipinski definition) is 5. The van der Waals surface area contributed by atoms with Gasteiger partial charge in [0, 0.05) is 20.9 Å². The summed E-state index contributed by atoms with van der Waals surface area (Å²) in [6.07, 6.45) is 0. The molecule has 3 aromatic rings. The van der Waals surface area contributed by atoms with E-state index in [0.29, 0.717) is 27.8 Å². The summed E-state index contributed by atoms with van der Waals surface area (Å²) in [7, 11) is 1.48. The molecule has 0 radical (unpaired) electrons. The molecule has 5 nitrogen and oxygen atoms in total. The highest BCUT2D eigenvalue weighted by atomic mass is 35.5. The van der Waals surface area contributed by atoms with Crippen LogP contribution in [0, 0.1) is 11.3 Å². The number of halogens is 1. The average molecular weight is 425 g/mol. The second-order valence-electron chi connectivity index (χ2n) is 5.87. The molecule has 0 aliphatic rings. The largest absolute Gasteiger partial charge is 0.493 e. The number of amides is 1. The Morgan fingerprint density at radius 2 is 1.86 bits per heavy atom. The lowest BCUT2D eigenvalue weighted by molar-refractivity contribution is -0.118. The molecule has 0 fully saturated rings. The Balaban J connectivity index is 1.65. The molecule has 0 aromatic heterocycles. The molecule has 0 atom stereocenters. The van der Waals surface area contributed by atoms with Crippen LogP contribution < -0.4 is 14.8 Å². The van der Waals surface area contributed by atoms with Crippen LogP contribution in [0.15, 0.2) is 76.5 Å². The Hall–Kier alpha value is -3.14. The Morgan fingerprint density at radius 3 is 2.59 bits per heavy atom. The summed E-state index contributed by atoms with van der Waals surface area (Å²) in [6.45, 7) is -0.192. The molecule has 0 aliphatic heterocycles. The molecule has 0 unspecified atom stereocenters. The number of carbonyl (C=O) groups is 1. The normalized spacial score (nSPS) is 10.1. The molecule has 146 valence electrons. The molecule has 7 heteroatoms. The SMILES string of the molecule is COc1cc(C#N)ccc1OCC(=O)Nc1ccccc1Sc1ccc(Cl)cc1. The van der Waals surface area contributed by atoms with Gasteiger partial charge in [-0.05, 0) is 48.5 Å². The third-order valence-corrected chi connectivity index (χ3v) is 5.19. The van der Waals surface area contributed by atoms with Crippen molar-refractivity contribution in [3.63, 3.8) is 0 Å². The van der Waals surface area contributed by atoms with E-state index in [1.165, 1.54) is 18.9 Å². The number of methoxy groups -OCH3 is 1. The molecule has 3 rings (SSSR count). The molecular weight excluding hydrogens is 408 g/mol. The number of nitriles is 1. The topological polar surface area (TPSA) is 71.3 Å². The minimum Gasteiger partial charge on any atom is -0.493 e. The Kier molecular flexibility index (Phi) is 7.01. The standard InChI is InChI=1S/C22H17ClN2O3S/c1-27-20-12-15(13-24)6-11-19(20)28-14-22(26)25-18-4-2-3-5-21(18)29-17-9-7-16(23)8-10-17/h2-12H,14H2,1H3,(H,25,26). The van der Waals surface area contributed by atoms with E-state index >= 15 is 0 Å². The van der Waals surface area contributed by atoms with Crippen LogP contribution in [-0.2, 0) is 4.79 Å². The van der Waals surface area contributed by atoms with Gasteiger partial charge in [-0.15, -0.1) is 0 Å². The third kappa shape index (κ3) is 5.67. The fraction of sp³-hybridized carbons (Fsp3) is 0.0909. The molecule has 1 amide bonds. The van der Waals surface area contributed by atoms with Crippen LogP contribution in [-0.4, -0.2) is 19.6 Å². The fourth-order valence-corrected chi connectivity index (χ4v) is 3.50. The van der Waals surface area contributed by atoms with E-state index < -0.39 is 0 Å². The van der Waals surface area contributed by atoms with Gasteiger partial charge in [0.05, 0.1) is 24.4 Å². The molecule has 3 aromatic carbocycles. The summed E-state index contributed by atoms with van der Waals surface area (Å²) in [6, 6.07) is 21.8. The van der Waals surface area contributed by atoms with Crippen molar-refractivity contribution >= 4 is 35.0 Å². The Bertz CT molecular complexity index is 1050. The lowest BCUT2D eigenvalue weighted by Gasteiger charge is -2.13. The molecule has 1 N–H and O–H groups in total. The molecule has 0 spiro atoms. The first-order valence-corrected chi connectivity index (χ1v) is 9.81. The van der Waals surface area contributed by atoms with Gasteiger partial charge >= 0.3 is 0 Å². The smallest absolute Gasteiger partial charge is 0.262 e. The van der Waals surface area contributed by atoms with Crippen LogP contribution in [0.25, 0.3) is 0 Å². The summed E-state index contributed by atoms with van der Waals surface area (Å²) in [4.78, 5) is 14.3. The zero-order chi connectivity index (χ0) is 20.6. The van der Waals surface area contributed by atoms with Crippen LogP contribution in [0.2, 0.25) is 5.02 Å². The van der Waals surface area contributed by atoms with Gasteiger partial charge in [0.1, 0.15) is 0 Å². The van der Waals surface area contributed by atoms with Crippen LogP contribution >= 0.6 is 23.4 Å². The minimum absolute atomic E-state index is 0.192. The first-order valence-electron chi connectivity index (χ1n) is 8.62. The zero-order valence-electron chi connectivity index (χ0n) is 15.5. The highest BCUT2D eigenvalue weighted by Gasteiger charge is 2.11. The Morgan fingerprint density at radius 1 is 1.10 bits per heavy atom. The summed E-state index contributed by atoms with van der Waals surface area (Å²) < 4.78 is 10.8. The third-order valence-electron chi connectivity index (χ3n) is 3.85. The number of para-hydroxylation sites is 1. The number of nitrogens with zero attached hydrogens (tertiary/aromatic N) is 1. The van der Waals surface area contributed by atoms with Gasteiger partial charge in [0.25, 0.3) is 5.91 Å². The van der Waals surface area contributed by atoms with Crippen LogP contribution in [0.1, 0.15) is 5.56 Å². The molecule has 0 heterocycles. The van der Waals surface area contributed by atoms with Crippen LogP contribution in [0.4, 0.5) is 5.69 Å². The highest BCUT2D eigenvalue weighted by Crippen LogP contribution is 2.34. The number of benzene rings is 3. The van der Waals surface area contributed by atoms with Gasteiger partial charge in [0.2, 0.25) is 0 Å². The average Bonchev–Trinajstić information content (AvgIpc) is 2.75. The second kappa shape index (κ2) is 9.87. The predicted molar refractivity (Wildman–Crippen MR) is 114 cm³/mol. The number of anilines is 1. The maximum absolute atomic E-state index is 12.4. The molecule has 0 aliphatic carbocycles. The molecule has 0 bridgehead atoms. The van der Waals surface area contributed by atoms with E-state index in [4.69, 9.17) is 26.3 Å². The monoisotopic (exact) mass is 424 g/mol. The van der Waals surface area contributed by atoms with E-state index in [2.05, 4.69) is 5.32 Å².